The van der Waals surface area contributed by atoms with E-state index in [-0.39, 0.29) is 11.2 Å². The van der Waals surface area contributed by atoms with E-state index in [2.05, 4.69) is 15.5 Å². The first-order chi connectivity index (χ1) is 12.5. The number of para-hydroxylation sites is 1. The molecule has 1 N–H and O–H groups in total. The van der Waals surface area contributed by atoms with Crippen molar-refractivity contribution in [2.24, 2.45) is 0 Å². The van der Waals surface area contributed by atoms with Crippen LogP contribution in [0.2, 0.25) is 0 Å². The largest absolute Gasteiger partial charge is 0.411 e. The summed E-state index contributed by atoms with van der Waals surface area (Å²) in [5.41, 5.74) is 4.90. The van der Waals surface area contributed by atoms with Crippen molar-refractivity contribution in [2.75, 3.05) is 5.32 Å². The summed E-state index contributed by atoms with van der Waals surface area (Å²) < 4.78 is 5.73. The number of aromatic nitrogens is 2. The molecule has 0 saturated carbocycles. The Bertz CT molecular complexity index is 916. The summed E-state index contributed by atoms with van der Waals surface area (Å²) in [6, 6.07) is 13.8. The molecule has 0 bridgehead atoms. The highest BCUT2D eigenvalue weighted by molar-refractivity contribution is 8.00. The van der Waals surface area contributed by atoms with Gasteiger partial charge in [0.1, 0.15) is 0 Å². The summed E-state index contributed by atoms with van der Waals surface area (Å²) in [5.74, 6) is 0.371. The fourth-order valence-electron chi connectivity index (χ4n) is 2.62. The number of rotatable bonds is 5. The first kappa shape index (κ1) is 18.2. The van der Waals surface area contributed by atoms with Crippen LogP contribution in [0.25, 0.3) is 11.5 Å². The van der Waals surface area contributed by atoms with Gasteiger partial charge in [0.05, 0.1) is 5.25 Å². The maximum Gasteiger partial charge on any atom is 0.277 e. The zero-order valence-corrected chi connectivity index (χ0v) is 16.1. The molecule has 5 nitrogen and oxygen atoms in total. The van der Waals surface area contributed by atoms with Gasteiger partial charge in [-0.25, -0.2) is 0 Å². The highest BCUT2D eigenvalue weighted by atomic mass is 32.2. The molecule has 0 aliphatic carbocycles. The number of nitrogens with one attached hydrogen (secondary N) is 1. The smallest absolute Gasteiger partial charge is 0.277 e. The Labute approximate surface area is 157 Å². The molecule has 3 aromatic rings. The molecule has 1 amide bonds. The number of amides is 1. The van der Waals surface area contributed by atoms with E-state index < -0.39 is 0 Å². The zero-order chi connectivity index (χ0) is 18.7. The van der Waals surface area contributed by atoms with Crippen LogP contribution in [0.5, 0.6) is 0 Å². The lowest BCUT2D eigenvalue weighted by molar-refractivity contribution is -0.115. The van der Waals surface area contributed by atoms with Crippen LogP contribution in [-0.4, -0.2) is 21.4 Å². The van der Waals surface area contributed by atoms with Crippen LogP contribution in [0.1, 0.15) is 23.6 Å². The number of carbonyl (C=O) groups excluding carboxylic acids is 1. The van der Waals surface area contributed by atoms with E-state index in [0.29, 0.717) is 11.1 Å². The minimum atomic E-state index is -0.362. The Morgan fingerprint density at radius 2 is 1.65 bits per heavy atom. The van der Waals surface area contributed by atoms with Crippen molar-refractivity contribution in [2.45, 2.75) is 38.2 Å². The topological polar surface area (TPSA) is 68.0 Å². The standard InChI is InChI=1S/C20H21N3O2S/c1-12-8-5-6-11-16(12)19-22-23-20(25-19)26-15(4)18(24)21-17-13(2)9-7-10-14(17)3/h5-11,15H,1-4H3,(H,21,24)/t15-/m1/s1. The molecule has 0 aliphatic heterocycles. The molecular formula is C20H21N3O2S. The SMILES string of the molecule is Cc1ccccc1-c1nnc(S[C@H](C)C(=O)Nc2c(C)cccc2C)o1. The lowest BCUT2D eigenvalue weighted by Gasteiger charge is -2.14. The Balaban J connectivity index is 1.69. The molecule has 1 heterocycles. The molecule has 2 aromatic carbocycles. The Morgan fingerprint density at radius 1 is 1.00 bits per heavy atom. The number of carbonyl (C=O) groups is 1. The number of anilines is 1. The van der Waals surface area contributed by atoms with Gasteiger partial charge in [-0.05, 0) is 50.5 Å². The van der Waals surface area contributed by atoms with Crippen molar-refractivity contribution in [1.82, 2.24) is 10.2 Å². The van der Waals surface area contributed by atoms with Crippen molar-refractivity contribution < 1.29 is 9.21 Å². The lowest BCUT2D eigenvalue weighted by atomic mass is 10.1. The van der Waals surface area contributed by atoms with Crippen LogP contribution in [0.15, 0.2) is 52.1 Å². The van der Waals surface area contributed by atoms with Crippen LogP contribution in [0.4, 0.5) is 5.69 Å². The quantitative estimate of drug-likeness (QED) is 0.657. The Hall–Kier alpha value is -2.60. The summed E-state index contributed by atoms with van der Waals surface area (Å²) in [7, 11) is 0. The molecule has 6 heteroatoms. The zero-order valence-electron chi connectivity index (χ0n) is 15.2. The second-order valence-electron chi connectivity index (χ2n) is 6.20. The number of thioether (sulfide) groups is 1. The van der Waals surface area contributed by atoms with Gasteiger partial charge < -0.3 is 9.73 Å². The Kier molecular flexibility index (Phi) is 5.42. The predicted octanol–water partition coefficient (Wildman–Crippen LogP) is 4.78. The average molecular weight is 367 g/mol. The van der Waals surface area contributed by atoms with Crippen molar-refractivity contribution in [3.8, 4) is 11.5 Å². The van der Waals surface area contributed by atoms with E-state index >= 15 is 0 Å². The highest BCUT2D eigenvalue weighted by Crippen LogP contribution is 2.28. The van der Waals surface area contributed by atoms with Crippen molar-refractivity contribution in [3.63, 3.8) is 0 Å². The van der Waals surface area contributed by atoms with Gasteiger partial charge in [0.25, 0.3) is 5.22 Å². The van der Waals surface area contributed by atoms with Gasteiger partial charge >= 0.3 is 0 Å². The summed E-state index contributed by atoms with van der Waals surface area (Å²) in [6.07, 6.45) is 0. The van der Waals surface area contributed by atoms with Crippen LogP contribution in [0, 0.1) is 20.8 Å². The molecule has 0 saturated heterocycles. The van der Waals surface area contributed by atoms with Gasteiger partial charge in [-0.15, -0.1) is 10.2 Å². The van der Waals surface area contributed by atoms with Crippen LogP contribution in [-0.2, 0) is 4.79 Å². The number of nitrogens with zero attached hydrogens (tertiary/aromatic N) is 2. The molecule has 26 heavy (non-hydrogen) atoms. The van der Waals surface area contributed by atoms with Crippen LogP contribution >= 0.6 is 11.8 Å². The number of hydrogen-bond acceptors (Lipinski definition) is 5. The Morgan fingerprint density at radius 3 is 2.35 bits per heavy atom. The number of benzene rings is 2. The van der Waals surface area contributed by atoms with Gasteiger partial charge in [-0.3, -0.25) is 4.79 Å². The van der Waals surface area contributed by atoms with Gasteiger partial charge in [-0.1, -0.05) is 48.2 Å². The molecular weight excluding hydrogens is 346 g/mol. The monoisotopic (exact) mass is 367 g/mol. The van der Waals surface area contributed by atoms with Gasteiger partial charge in [0, 0.05) is 11.3 Å². The minimum absolute atomic E-state index is 0.0944. The molecule has 3 rings (SSSR count). The fraction of sp³-hybridized carbons (Fsp3) is 0.250. The third kappa shape index (κ3) is 3.96. The predicted molar refractivity (Wildman–Crippen MR) is 104 cm³/mol. The van der Waals surface area contributed by atoms with Crippen LogP contribution in [0.3, 0.4) is 0 Å². The second-order valence-corrected chi connectivity index (χ2v) is 7.50. The maximum absolute atomic E-state index is 12.5. The van der Waals surface area contributed by atoms with Gasteiger partial charge in [-0.2, -0.15) is 0 Å². The molecule has 0 unspecified atom stereocenters. The van der Waals surface area contributed by atoms with E-state index in [1.165, 1.54) is 11.8 Å². The normalized spacial score (nSPS) is 12.0. The molecule has 0 radical (unpaired) electrons. The summed E-state index contributed by atoms with van der Waals surface area (Å²) >= 11 is 1.25. The van der Waals surface area contributed by atoms with E-state index in [1.807, 2.05) is 70.2 Å². The van der Waals surface area contributed by atoms with Crippen molar-refractivity contribution in [3.05, 3.63) is 59.2 Å². The third-order valence-corrected chi connectivity index (χ3v) is 5.09. The highest BCUT2D eigenvalue weighted by Gasteiger charge is 2.20. The average Bonchev–Trinajstić information content (AvgIpc) is 3.06. The molecule has 134 valence electrons. The van der Waals surface area contributed by atoms with Gasteiger partial charge in [0.15, 0.2) is 0 Å². The van der Waals surface area contributed by atoms with E-state index in [4.69, 9.17) is 4.42 Å². The van der Waals surface area contributed by atoms with Gasteiger partial charge in [0.2, 0.25) is 11.8 Å². The first-order valence-corrected chi connectivity index (χ1v) is 9.27. The summed E-state index contributed by atoms with van der Waals surface area (Å²) in [6.45, 7) is 7.78. The third-order valence-electron chi connectivity index (χ3n) is 4.16. The summed E-state index contributed by atoms with van der Waals surface area (Å²) in [5, 5.41) is 11.2. The fourth-order valence-corrected chi connectivity index (χ4v) is 3.30. The molecule has 0 spiro atoms. The van der Waals surface area contributed by atoms with E-state index in [0.717, 1.165) is 27.9 Å². The number of aryl methyl sites for hydroxylation is 3. The molecule has 1 aromatic heterocycles. The van der Waals surface area contributed by atoms with Crippen LogP contribution < -0.4 is 5.32 Å². The van der Waals surface area contributed by atoms with Crippen molar-refractivity contribution in [1.29, 1.82) is 0 Å². The van der Waals surface area contributed by atoms with E-state index in [1.54, 1.807) is 0 Å². The summed E-state index contributed by atoms with van der Waals surface area (Å²) in [4.78, 5) is 12.5. The lowest BCUT2D eigenvalue weighted by Crippen LogP contribution is -2.23. The maximum atomic E-state index is 12.5. The molecule has 0 aliphatic rings. The van der Waals surface area contributed by atoms with Crippen molar-refractivity contribution >= 4 is 23.4 Å². The first-order valence-electron chi connectivity index (χ1n) is 8.39. The minimum Gasteiger partial charge on any atom is -0.411 e. The number of hydrogen-bond donors (Lipinski definition) is 1. The molecule has 1 atom stereocenters. The second kappa shape index (κ2) is 7.74. The van der Waals surface area contributed by atoms with E-state index in [9.17, 15) is 4.79 Å². The molecule has 0 fully saturated rings.